The highest BCUT2D eigenvalue weighted by Crippen LogP contribution is 2.30. The first kappa shape index (κ1) is 30.3. The molecule has 0 aliphatic carbocycles. The quantitative estimate of drug-likeness (QED) is 0.292. The van der Waals surface area contributed by atoms with Crippen molar-refractivity contribution in [2.24, 2.45) is 0 Å². The average Bonchev–Trinajstić information content (AvgIpc) is 2.92. The molecule has 3 aromatic carbocycles. The van der Waals surface area contributed by atoms with E-state index in [4.69, 9.17) is 18.9 Å². The van der Waals surface area contributed by atoms with E-state index in [0.29, 0.717) is 48.9 Å². The van der Waals surface area contributed by atoms with Crippen LogP contribution in [0, 0.1) is 0 Å². The number of carbonyl (C=O) groups is 2. The maximum atomic E-state index is 12.2. The van der Waals surface area contributed by atoms with Crippen LogP contribution in [0.5, 0.6) is 11.5 Å². The van der Waals surface area contributed by atoms with Crippen molar-refractivity contribution in [3.63, 3.8) is 0 Å². The number of methoxy groups -OCH3 is 2. The van der Waals surface area contributed by atoms with Crippen molar-refractivity contribution >= 4 is 23.6 Å². The maximum absolute atomic E-state index is 12.2. The highest BCUT2D eigenvalue weighted by atomic mass is 35.5. The summed E-state index contributed by atoms with van der Waals surface area (Å²) in [7, 11) is 3.22. The summed E-state index contributed by atoms with van der Waals surface area (Å²) in [5.74, 6) is 1.37. The topological polar surface area (TPSA) is 99.6 Å². The van der Waals surface area contributed by atoms with Crippen LogP contribution in [-0.4, -0.2) is 59.3 Å². The number of hydrogen-bond donors (Lipinski definition) is 3. The maximum Gasteiger partial charge on any atom is 0.411 e. The Morgan fingerprint density at radius 3 is 1.68 bits per heavy atom. The van der Waals surface area contributed by atoms with Crippen molar-refractivity contribution in [2.45, 2.75) is 6.42 Å². The first-order chi connectivity index (χ1) is 18.1. The smallest absolute Gasteiger partial charge is 0.411 e. The van der Waals surface area contributed by atoms with E-state index >= 15 is 0 Å². The Hall–Kier alpha value is -3.95. The molecular weight excluding hydrogens is 510 g/mol. The van der Waals surface area contributed by atoms with Crippen LogP contribution in [0.3, 0.4) is 0 Å². The van der Waals surface area contributed by atoms with Crippen LogP contribution in [0.1, 0.15) is 5.56 Å². The SMILES string of the molecule is COc1cccc(CC[NH+](CCOC(=O)Nc2ccccc2)CCOC(=O)Nc2ccccc2)c1OC.[Cl-]. The number of hydrogen-bond acceptors (Lipinski definition) is 6. The van der Waals surface area contributed by atoms with Crippen molar-refractivity contribution in [1.82, 2.24) is 0 Å². The molecule has 3 rings (SSSR count). The first-order valence-electron chi connectivity index (χ1n) is 12.1. The van der Waals surface area contributed by atoms with E-state index in [1.807, 2.05) is 54.6 Å². The Morgan fingerprint density at radius 2 is 1.21 bits per heavy atom. The van der Waals surface area contributed by atoms with Gasteiger partial charge in [0.2, 0.25) is 0 Å². The van der Waals surface area contributed by atoms with Crippen molar-refractivity contribution in [2.75, 3.05) is 57.7 Å². The molecule has 204 valence electrons. The average molecular weight is 544 g/mol. The van der Waals surface area contributed by atoms with Gasteiger partial charge in [0.1, 0.15) is 26.3 Å². The summed E-state index contributed by atoms with van der Waals surface area (Å²) in [6.07, 6.45) is -0.334. The Morgan fingerprint density at radius 1 is 0.684 bits per heavy atom. The summed E-state index contributed by atoms with van der Waals surface area (Å²) in [5.41, 5.74) is 2.34. The van der Waals surface area contributed by atoms with Gasteiger partial charge >= 0.3 is 12.2 Å². The Bertz CT molecular complexity index is 1060. The number of halogens is 1. The minimum absolute atomic E-state index is 0. The molecule has 0 fully saturated rings. The van der Waals surface area contributed by atoms with E-state index in [1.54, 1.807) is 38.5 Å². The molecule has 0 heterocycles. The van der Waals surface area contributed by atoms with Crippen molar-refractivity contribution in [3.8, 4) is 11.5 Å². The van der Waals surface area contributed by atoms with Crippen LogP contribution < -0.4 is 37.4 Å². The lowest BCUT2D eigenvalue weighted by Crippen LogP contribution is -3.13. The predicted octanol–water partition coefficient (Wildman–Crippen LogP) is 0.633. The summed E-state index contributed by atoms with van der Waals surface area (Å²) in [6, 6.07) is 24.0. The molecule has 0 aliphatic rings. The molecule has 0 aliphatic heterocycles. The molecule has 0 spiro atoms. The van der Waals surface area contributed by atoms with Gasteiger partial charge in [0.25, 0.3) is 0 Å². The number of benzene rings is 3. The molecule has 2 amide bonds. The van der Waals surface area contributed by atoms with E-state index in [9.17, 15) is 9.59 Å². The van der Waals surface area contributed by atoms with Crippen LogP contribution in [0.2, 0.25) is 0 Å². The third-order valence-electron chi connectivity index (χ3n) is 5.65. The monoisotopic (exact) mass is 543 g/mol. The van der Waals surface area contributed by atoms with Gasteiger partial charge in [-0.2, -0.15) is 0 Å². The summed E-state index contributed by atoms with van der Waals surface area (Å²) >= 11 is 0. The molecule has 3 N–H and O–H groups in total. The van der Waals surface area contributed by atoms with E-state index in [1.165, 1.54) is 0 Å². The molecule has 10 heteroatoms. The zero-order valence-corrected chi connectivity index (χ0v) is 22.3. The van der Waals surface area contributed by atoms with Gasteiger partial charge < -0.3 is 36.3 Å². The van der Waals surface area contributed by atoms with E-state index in [-0.39, 0.29) is 25.6 Å². The molecule has 0 saturated heterocycles. The van der Waals surface area contributed by atoms with E-state index in [2.05, 4.69) is 10.6 Å². The molecule has 0 atom stereocenters. The second kappa shape index (κ2) is 16.7. The number of para-hydroxylation sites is 3. The molecule has 3 aromatic rings. The number of nitrogens with one attached hydrogen (secondary N) is 3. The number of quaternary nitrogens is 1. The standard InChI is InChI=1S/C28H33N3O6.ClH/c1-34-25-15-9-10-22(26(25)35-2)16-17-31(18-20-36-27(32)29-23-11-5-3-6-12-23)19-21-37-28(33)30-24-13-7-4-8-14-24;/h3-15H,16-21H2,1-2H3,(H,29,32)(H,30,33);1H. The van der Waals surface area contributed by atoms with Crippen LogP contribution in [0.15, 0.2) is 78.9 Å². The largest absolute Gasteiger partial charge is 1.00 e. The van der Waals surface area contributed by atoms with Gasteiger partial charge in [-0.1, -0.05) is 48.5 Å². The summed E-state index contributed by atoms with van der Waals surface area (Å²) in [4.78, 5) is 25.4. The van der Waals surface area contributed by atoms with Crippen LogP contribution in [-0.2, 0) is 15.9 Å². The third-order valence-corrected chi connectivity index (χ3v) is 5.65. The molecule has 9 nitrogen and oxygen atoms in total. The molecule has 0 saturated carbocycles. The second-order valence-electron chi connectivity index (χ2n) is 8.16. The number of amides is 2. The summed E-state index contributed by atoms with van der Waals surface area (Å²) in [6.45, 7) is 2.20. The van der Waals surface area contributed by atoms with Crippen LogP contribution >= 0.6 is 0 Å². The number of ether oxygens (including phenoxy) is 4. The summed E-state index contributed by atoms with van der Waals surface area (Å²) in [5, 5.41) is 5.41. The number of carbonyl (C=O) groups excluding carboxylic acids is 2. The Balaban J connectivity index is 0.00000507. The van der Waals surface area contributed by atoms with Gasteiger partial charge in [0, 0.05) is 23.4 Å². The molecule has 0 bridgehead atoms. The lowest BCUT2D eigenvalue weighted by atomic mass is 10.1. The summed E-state index contributed by atoms with van der Waals surface area (Å²) < 4.78 is 21.7. The van der Waals surface area contributed by atoms with Gasteiger partial charge in [-0.25, -0.2) is 9.59 Å². The van der Waals surface area contributed by atoms with Crippen molar-refractivity contribution < 1.29 is 45.8 Å². The highest BCUT2D eigenvalue weighted by molar-refractivity contribution is 5.84. The van der Waals surface area contributed by atoms with Crippen LogP contribution in [0.25, 0.3) is 0 Å². The van der Waals surface area contributed by atoms with Crippen molar-refractivity contribution in [3.05, 3.63) is 84.4 Å². The fraction of sp³-hybridized carbons (Fsp3) is 0.286. The molecule has 0 aromatic heterocycles. The molecule has 0 radical (unpaired) electrons. The lowest BCUT2D eigenvalue weighted by molar-refractivity contribution is -0.900. The Labute approximate surface area is 229 Å². The fourth-order valence-corrected chi connectivity index (χ4v) is 3.76. The normalized spacial score (nSPS) is 10.2. The van der Waals surface area contributed by atoms with Gasteiger partial charge in [-0.3, -0.25) is 10.6 Å². The zero-order chi connectivity index (χ0) is 26.3. The number of anilines is 2. The van der Waals surface area contributed by atoms with Gasteiger partial charge in [0.15, 0.2) is 11.5 Å². The lowest BCUT2D eigenvalue weighted by Gasteiger charge is -2.20. The molecule has 0 unspecified atom stereocenters. The first-order valence-corrected chi connectivity index (χ1v) is 12.1. The second-order valence-corrected chi connectivity index (χ2v) is 8.16. The highest BCUT2D eigenvalue weighted by Gasteiger charge is 2.16. The minimum atomic E-state index is -0.515. The molecule has 38 heavy (non-hydrogen) atoms. The van der Waals surface area contributed by atoms with Gasteiger partial charge in [-0.15, -0.1) is 0 Å². The fourth-order valence-electron chi connectivity index (χ4n) is 3.76. The van der Waals surface area contributed by atoms with Gasteiger partial charge in [-0.05, 0) is 30.3 Å². The van der Waals surface area contributed by atoms with E-state index < -0.39 is 12.2 Å². The number of rotatable bonds is 13. The van der Waals surface area contributed by atoms with Crippen LogP contribution in [0.4, 0.5) is 21.0 Å². The van der Waals surface area contributed by atoms with Gasteiger partial charge in [0.05, 0.1) is 20.8 Å². The van der Waals surface area contributed by atoms with Crippen molar-refractivity contribution in [1.29, 1.82) is 0 Å². The minimum Gasteiger partial charge on any atom is -1.00 e. The predicted molar refractivity (Wildman–Crippen MR) is 142 cm³/mol. The van der Waals surface area contributed by atoms with E-state index in [0.717, 1.165) is 10.5 Å². The third kappa shape index (κ3) is 10.2. The Kier molecular flexibility index (Phi) is 13.3. The molecular formula is C28H34ClN3O6. The zero-order valence-electron chi connectivity index (χ0n) is 21.6.